The lowest BCUT2D eigenvalue weighted by Gasteiger charge is -2.15. The summed E-state index contributed by atoms with van der Waals surface area (Å²) in [6.45, 7) is 2.31. The van der Waals surface area contributed by atoms with E-state index in [1.165, 1.54) is 11.1 Å². The summed E-state index contributed by atoms with van der Waals surface area (Å²) in [4.78, 5) is 28.0. The fourth-order valence-electron chi connectivity index (χ4n) is 2.17. The second-order valence-corrected chi connectivity index (χ2v) is 4.52. The zero-order valence-corrected chi connectivity index (χ0v) is 9.84. The molecule has 18 heavy (non-hydrogen) atoms. The molecule has 0 saturated carbocycles. The van der Waals surface area contributed by atoms with Gasteiger partial charge in [0.2, 0.25) is 0 Å². The Bertz CT molecular complexity index is 492. The molecule has 0 aromatic carbocycles. The highest BCUT2D eigenvalue weighted by atomic mass is 19.1. The zero-order chi connectivity index (χ0) is 13.3. The van der Waals surface area contributed by atoms with Crippen LogP contribution in [0.25, 0.3) is 0 Å². The third-order valence-corrected chi connectivity index (χ3v) is 3.17. The molecule has 1 aromatic rings. The molecular formula is C12H13FN2O3. The second kappa shape index (κ2) is 4.72. The Labute approximate surface area is 103 Å². The van der Waals surface area contributed by atoms with Crippen molar-refractivity contribution in [3.63, 3.8) is 0 Å². The van der Waals surface area contributed by atoms with E-state index in [0.29, 0.717) is 6.54 Å². The fourth-order valence-corrected chi connectivity index (χ4v) is 2.17. The van der Waals surface area contributed by atoms with Gasteiger partial charge in [-0.05, 0) is 12.0 Å². The van der Waals surface area contributed by atoms with E-state index in [2.05, 4.69) is 4.98 Å². The van der Waals surface area contributed by atoms with E-state index in [-0.39, 0.29) is 23.9 Å². The zero-order valence-electron chi connectivity index (χ0n) is 9.84. The molecule has 1 aliphatic rings. The van der Waals surface area contributed by atoms with Crippen LogP contribution in [0.5, 0.6) is 0 Å². The second-order valence-electron chi connectivity index (χ2n) is 4.52. The van der Waals surface area contributed by atoms with Gasteiger partial charge in [-0.2, -0.15) is 0 Å². The number of halogens is 1. The molecule has 1 fully saturated rings. The number of aromatic nitrogens is 1. The average molecular weight is 252 g/mol. The highest BCUT2D eigenvalue weighted by molar-refractivity contribution is 5.94. The minimum absolute atomic E-state index is 0.104. The van der Waals surface area contributed by atoms with Crippen LogP contribution in [-0.4, -0.2) is 40.0 Å². The van der Waals surface area contributed by atoms with Gasteiger partial charge in [-0.3, -0.25) is 14.6 Å². The molecule has 0 spiro atoms. The van der Waals surface area contributed by atoms with Crippen molar-refractivity contribution < 1.29 is 19.1 Å². The van der Waals surface area contributed by atoms with Crippen molar-refractivity contribution in [1.82, 2.24) is 9.88 Å². The highest BCUT2D eigenvalue weighted by Crippen LogP contribution is 2.24. The molecule has 6 heteroatoms. The molecular weight excluding hydrogens is 239 g/mol. The Morgan fingerprint density at radius 1 is 1.44 bits per heavy atom. The van der Waals surface area contributed by atoms with E-state index in [0.717, 1.165) is 12.3 Å². The Morgan fingerprint density at radius 2 is 2.17 bits per heavy atom. The first-order valence-electron chi connectivity index (χ1n) is 5.61. The van der Waals surface area contributed by atoms with Crippen molar-refractivity contribution >= 4 is 11.9 Å². The van der Waals surface area contributed by atoms with Gasteiger partial charge >= 0.3 is 5.97 Å². The Morgan fingerprint density at radius 3 is 2.72 bits per heavy atom. The van der Waals surface area contributed by atoms with Crippen LogP contribution < -0.4 is 0 Å². The third kappa shape index (κ3) is 2.32. The molecule has 1 saturated heterocycles. The van der Waals surface area contributed by atoms with E-state index in [1.807, 2.05) is 0 Å². The van der Waals surface area contributed by atoms with Crippen molar-refractivity contribution in [3.05, 3.63) is 29.8 Å². The number of hydrogen-bond acceptors (Lipinski definition) is 3. The molecule has 2 heterocycles. The summed E-state index contributed by atoms with van der Waals surface area (Å²) < 4.78 is 13.0. The fraction of sp³-hybridized carbons (Fsp3) is 0.417. The van der Waals surface area contributed by atoms with Gasteiger partial charge in [0.1, 0.15) is 5.82 Å². The van der Waals surface area contributed by atoms with Crippen LogP contribution in [-0.2, 0) is 4.79 Å². The topological polar surface area (TPSA) is 70.5 Å². The van der Waals surface area contributed by atoms with Crippen molar-refractivity contribution in [2.75, 3.05) is 13.1 Å². The number of aliphatic carboxylic acids is 1. The van der Waals surface area contributed by atoms with Crippen LogP contribution in [0.3, 0.4) is 0 Å². The molecule has 5 nitrogen and oxygen atoms in total. The van der Waals surface area contributed by atoms with Crippen LogP contribution >= 0.6 is 0 Å². The van der Waals surface area contributed by atoms with Gasteiger partial charge in [0.25, 0.3) is 5.91 Å². The Balaban J connectivity index is 2.14. The lowest BCUT2D eigenvalue weighted by atomic mass is 9.99. The SMILES string of the molecule is CC1CN(C(=O)c2cncc(F)c2)CC1C(=O)O. The number of carboxylic acids is 1. The average Bonchev–Trinajstić information content (AvgIpc) is 2.70. The molecule has 2 rings (SSSR count). The van der Waals surface area contributed by atoms with E-state index < -0.39 is 17.7 Å². The van der Waals surface area contributed by atoms with Crippen LogP contribution in [0.4, 0.5) is 4.39 Å². The summed E-state index contributed by atoms with van der Waals surface area (Å²) in [5.74, 6) is -2.53. The quantitative estimate of drug-likeness (QED) is 0.852. The maximum Gasteiger partial charge on any atom is 0.308 e. The molecule has 0 aliphatic carbocycles. The van der Waals surface area contributed by atoms with Crippen LogP contribution in [0.15, 0.2) is 18.5 Å². The number of likely N-dealkylation sites (tertiary alicyclic amines) is 1. The van der Waals surface area contributed by atoms with E-state index >= 15 is 0 Å². The first-order chi connectivity index (χ1) is 8.49. The normalized spacial score (nSPS) is 23.1. The van der Waals surface area contributed by atoms with Gasteiger partial charge in [-0.15, -0.1) is 0 Å². The lowest BCUT2D eigenvalue weighted by molar-refractivity contribution is -0.142. The molecule has 0 radical (unpaired) electrons. The molecule has 1 aliphatic heterocycles. The Kier molecular flexibility index (Phi) is 3.27. The molecule has 0 bridgehead atoms. The first-order valence-corrected chi connectivity index (χ1v) is 5.61. The molecule has 1 amide bonds. The third-order valence-electron chi connectivity index (χ3n) is 3.17. The molecule has 1 N–H and O–H groups in total. The summed E-state index contributed by atoms with van der Waals surface area (Å²) in [5, 5.41) is 8.99. The standard InChI is InChI=1S/C12H13FN2O3/c1-7-5-15(6-10(7)12(17)18)11(16)8-2-9(13)4-14-3-8/h2-4,7,10H,5-6H2,1H3,(H,17,18). The van der Waals surface area contributed by atoms with Gasteiger partial charge in [-0.25, -0.2) is 4.39 Å². The van der Waals surface area contributed by atoms with Crippen molar-refractivity contribution in [1.29, 1.82) is 0 Å². The van der Waals surface area contributed by atoms with Gasteiger partial charge in [0.05, 0.1) is 17.7 Å². The summed E-state index contributed by atoms with van der Waals surface area (Å²) in [6.07, 6.45) is 2.30. The largest absolute Gasteiger partial charge is 0.481 e. The monoisotopic (exact) mass is 252 g/mol. The summed E-state index contributed by atoms with van der Waals surface area (Å²) in [5.41, 5.74) is 0.147. The number of carboxylic acid groups (broad SMARTS) is 1. The maximum absolute atomic E-state index is 13.0. The maximum atomic E-state index is 13.0. The van der Waals surface area contributed by atoms with Gasteiger partial charge < -0.3 is 10.0 Å². The number of amides is 1. The Hall–Kier alpha value is -1.98. The van der Waals surface area contributed by atoms with Crippen molar-refractivity contribution in [2.24, 2.45) is 11.8 Å². The number of rotatable bonds is 2. The van der Waals surface area contributed by atoms with Gasteiger partial charge in [-0.1, -0.05) is 6.92 Å². The van der Waals surface area contributed by atoms with Crippen LogP contribution in [0, 0.1) is 17.7 Å². The van der Waals surface area contributed by atoms with E-state index in [9.17, 15) is 14.0 Å². The molecule has 1 aromatic heterocycles. The number of pyridine rings is 1. The first kappa shape index (κ1) is 12.5. The summed E-state index contributed by atoms with van der Waals surface area (Å²) in [7, 11) is 0. The highest BCUT2D eigenvalue weighted by Gasteiger charge is 2.37. The molecule has 2 atom stereocenters. The number of nitrogens with zero attached hydrogens (tertiary/aromatic N) is 2. The smallest absolute Gasteiger partial charge is 0.308 e. The number of hydrogen-bond donors (Lipinski definition) is 1. The van der Waals surface area contributed by atoms with Crippen molar-refractivity contribution in [2.45, 2.75) is 6.92 Å². The summed E-state index contributed by atoms with van der Waals surface area (Å²) in [6, 6.07) is 1.11. The van der Waals surface area contributed by atoms with E-state index in [1.54, 1.807) is 6.92 Å². The van der Waals surface area contributed by atoms with Gasteiger partial charge in [0.15, 0.2) is 0 Å². The van der Waals surface area contributed by atoms with Crippen molar-refractivity contribution in [3.8, 4) is 0 Å². The summed E-state index contributed by atoms with van der Waals surface area (Å²) >= 11 is 0. The number of carbonyl (C=O) groups excluding carboxylic acids is 1. The predicted molar refractivity (Wildman–Crippen MR) is 60.4 cm³/mol. The minimum Gasteiger partial charge on any atom is -0.481 e. The van der Waals surface area contributed by atoms with E-state index in [4.69, 9.17) is 5.11 Å². The van der Waals surface area contributed by atoms with Crippen LogP contribution in [0.2, 0.25) is 0 Å². The van der Waals surface area contributed by atoms with Gasteiger partial charge in [0, 0.05) is 19.3 Å². The minimum atomic E-state index is -0.907. The van der Waals surface area contributed by atoms with Crippen LogP contribution in [0.1, 0.15) is 17.3 Å². The molecule has 96 valence electrons. The lowest BCUT2D eigenvalue weighted by Crippen LogP contribution is -2.30. The predicted octanol–water partition coefficient (Wildman–Crippen LogP) is 1.01. The number of carbonyl (C=O) groups is 2. The molecule has 2 unspecified atom stereocenters.